The van der Waals surface area contributed by atoms with E-state index in [1.807, 2.05) is 6.92 Å². The van der Waals surface area contributed by atoms with Gasteiger partial charge in [-0.1, -0.05) is 6.07 Å². The maximum atomic E-state index is 13.1. The number of benzene rings is 1. The van der Waals surface area contributed by atoms with Gasteiger partial charge in [-0.3, -0.25) is 4.79 Å². The Morgan fingerprint density at radius 3 is 2.89 bits per heavy atom. The number of morpholine rings is 1. The maximum absolute atomic E-state index is 13.1. The molecule has 18 heavy (non-hydrogen) atoms. The number of amides is 1. The molecule has 98 valence electrons. The van der Waals surface area contributed by atoms with Crippen molar-refractivity contribution in [3.05, 3.63) is 29.6 Å². The third-order valence-electron chi connectivity index (χ3n) is 2.99. The third-order valence-corrected chi connectivity index (χ3v) is 2.99. The van der Waals surface area contributed by atoms with Crippen LogP contribution in [0, 0.1) is 12.7 Å². The van der Waals surface area contributed by atoms with E-state index in [2.05, 4.69) is 5.32 Å². The Morgan fingerprint density at radius 2 is 2.17 bits per heavy atom. The summed E-state index contributed by atoms with van der Waals surface area (Å²) in [5.41, 5.74) is 1.59. The van der Waals surface area contributed by atoms with Crippen molar-refractivity contribution in [1.29, 1.82) is 0 Å². The summed E-state index contributed by atoms with van der Waals surface area (Å²) in [4.78, 5) is 13.6. The standard InChI is InChI=1S/C13H17FN2O2/c1-10-2-3-11(14)8-12(10)15-9-13(17)16-4-6-18-7-5-16/h2-3,8,15H,4-7,9H2,1H3. The van der Waals surface area contributed by atoms with Gasteiger partial charge in [-0.05, 0) is 24.6 Å². The summed E-state index contributed by atoms with van der Waals surface area (Å²) in [6, 6.07) is 4.50. The van der Waals surface area contributed by atoms with E-state index < -0.39 is 0 Å². The molecule has 0 aliphatic carbocycles. The van der Waals surface area contributed by atoms with E-state index in [4.69, 9.17) is 4.74 Å². The van der Waals surface area contributed by atoms with E-state index in [1.54, 1.807) is 11.0 Å². The van der Waals surface area contributed by atoms with Crippen LogP contribution in [0.3, 0.4) is 0 Å². The molecule has 1 aliphatic heterocycles. The first kappa shape index (κ1) is 12.8. The number of ether oxygens (including phenoxy) is 1. The maximum Gasteiger partial charge on any atom is 0.242 e. The minimum absolute atomic E-state index is 0.0157. The molecule has 0 saturated carbocycles. The number of carbonyl (C=O) groups is 1. The number of hydrogen-bond acceptors (Lipinski definition) is 3. The fraction of sp³-hybridized carbons (Fsp3) is 0.462. The van der Waals surface area contributed by atoms with E-state index in [0.29, 0.717) is 32.0 Å². The van der Waals surface area contributed by atoms with Crippen LogP contribution in [0.4, 0.5) is 10.1 Å². The highest BCUT2D eigenvalue weighted by Crippen LogP contribution is 2.15. The van der Waals surface area contributed by atoms with Crippen LogP contribution in [0.15, 0.2) is 18.2 Å². The minimum atomic E-state index is -0.304. The van der Waals surface area contributed by atoms with Gasteiger partial charge in [0.1, 0.15) is 5.82 Å². The Kier molecular flexibility index (Phi) is 4.15. The van der Waals surface area contributed by atoms with Crippen LogP contribution >= 0.6 is 0 Å². The second kappa shape index (κ2) is 5.82. The average molecular weight is 252 g/mol. The van der Waals surface area contributed by atoms with Crippen molar-refractivity contribution in [3.63, 3.8) is 0 Å². The first-order chi connectivity index (χ1) is 8.66. The van der Waals surface area contributed by atoms with Crippen LogP contribution in [-0.2, 0) is 9.53 Å². The molecule has 5 heteroatoms. The van der Waals surface area contributed by atoms with E-state index in [0.717, 1.165) is 5.56 Å². The molecule has 0 atom stereocenters. The zero-order valence-electron chi connectivity index (χ0n) is 10.4. The van der Waals surface area contributed by atoms with Crippen molar-refractivity contribution in [3.8, 4) is 0 Å². The molecule has 0 bridgehead atoms. The minimum Gasteiger partial charge on any atom is -0.378 e. The van der Waals surface area contributed by atoms with Crippen LogP contribution in [0.2, 0.25) is 0 Å². The van der Waals surface area contributed by atoms with Crippen LogP contribution in [0.25, 0.3) is 0 Å². The molecule has 0 unspecified atom stereocenters. The molecule has 1 aromatic carbocycles. The predicted molar refractivity (Wildman–Crippen MR) is 67.0 cm³/mol. The lowest BCUT2D eigenvalue weighted by molar-refractivity contribution is -0.133. The van der Waals surface area contributed by atoms with Gasteiger partial charge in [0.15, 0.2) is 0 Å². The number of nitrogens with zero attached hydrogens (tertiary/aromatic N) is 1. The van der Waals surface area contributed by atoms with Gasteiger partial charge in [0.25, 0.3) is 0 Å². The molecule has 1 aliphatic rings. The Labute approximate surface area is 106 Å². The van der Waals surface area contributed by atoms with Crippen LogP contribution in [0.5, 0.6) is 0 Å². The summed E-state index contributed by atoms with van der Waals surface area (Å²) in [5, 5.41) is 2.98. The summed E-state index contributed by atoms with van der Waals surface area (Å²) in [6.45, 7) is 4.49. The Bertz CT molecular complexity index is 431. The van der Waals surface area contributed by atoms with Gasteiger partial charge in [-0.2, -0.15) is 0 Å². The van der Waals surface area contributed by atoms with Gasteiger partial charge in [-0.25, -0.2) is 4.39 Å². The topological polar surface area (TPSA) is 41.6 Å². The van der Waals surface area contributed by atoms with Crippen molar-refractivity contribution >= 4 is 11.6 Å². The summed E-state index contributed by atoms with van der Waals surface area (Å²) < 4.78 is 18.3. The smallest absolute Gasteiger partial charge is 0.242 e. The van der Waals surface area contributed by atoms with Gasteiger partial charge in [0, 0.05) is 18.8 Å². The number of carbonyl (C=O) groups excluding carboxylic acids is 1. The lowest BCUT2D eigenvalue weighted by atomic mass is 10.2. The third kappa shape index (κ3) is 3.20. The average Bonchev–Trinajstić information content (AvgIpc) is 2.40. The number of hydrogen-bond donors (Lipinski definition) is 1. The molecule has 0 radical (unpaired) electrons. The Hall–Kier alpha value is -1.62. The van der Waals surface area contributed by atoms with Crippen molar-refractivity contribution < 1.29 is 13.9 Å². The summed E-state index contributed by atoms with van der Waals surface area (Å²) in [7, 11) is 0. The molecule has 1 fully saturated rings. The van der Waals surface area contributed by atoms with Gasteiger partial charge in [-0.15, -0.1) is 0 Å². The predicted octanol–water partition coefficient (Wildman–Crippen LogP) is 1.40. The molecule has 1 heterocycles. The number of anilines is 1. The van der Waals surface area contributed by atoms with Crippen molar-refractivity contribution in [2.75, 3.05) is 38.2 Å². The second-order valence-corrected chi connectivity index (χ2v) is 4.31. The van der Waals surface area contributed by atoms with Gasteiger partial charge < -0.3 is 15.0 Å². The Balaban J connectivity index is 1.90. The first-order valence-corrected chi connectivity index (χ1v) is 6.02. The summed E-state index contributed by atoms with van der Waals surface area (Å²) >= 11 is 0. The van der Waals surface area contributed by atoms with Crippen LogP contribution in [0.1, 0.15) is 5.56 Å². The molecule has 2 rings (SSSR count). The molecule has 1 saturated heterocycles. The fourth-order valence-corrected chi connectivity index (χ4v) is 1.88. The zero-order chi connectivity index (χ0) is 13.0. The number of rotatable bonds is 3. The molecular formula is C13H17FN2O2. The van der Waals surface area contributed by atoms with E-state index >= 15 is 0 Å². The highest BCUT2D eigenvalue weighted by molar-refractivity contribution is 5.81. The fourth-order valence-electron chi connectivity index (χ4n) is 1.88. The largest absolute Gasteiger partial charge is 0.378 e. The van der Waals surface area contributed by atoms with Gasteiger partial charge in [0.05, 0.1) is 19.8 Å². The monoisotopic (exact) mass is 252 g/mol. The van der Waals surface area contributed by atoms with Crippen molar-refractivity contribution in [1.82, 2.24) is 4.90 Å². The lowest BCUT2D eigenvalue weighted by Crippen LogP contribution is -2.43. The molecule has 0 spiro atoms. The number of halogens is 1. The summed E-state index contributed by atoms with van der Waals surface area (Å²) in [5.74, 6) is -0.288. The number of nitrogens with one attached hydrogen (secondary N) is 1. The SMILES string of the molecule is Cc1ccc(F)cc1NCC(=O)N1CCOCC1. The van der Waals surface area contributed by atoms with E-state index in [-0.39, 0.29) is 18.3 Å². The molecule has 0 aromatic heterocycles. The molecule has 1 aromatic rings. The van der Waals surface area contributed by atoms with Crippen molar-refractivity contribution in [2.24, 2.45) is 0 Å². The summed E-state index contributed by atoms with van der Waals surface area (Å²) in [6.07, 6.45) is 0. The second-order valence-electron chi connectivity index (χ2n) is 4.31. The van der Waals surface area contributed by atoms with Gasteiger partial charge >= 0.3 is 0 Å². The van der Waals surface area contributed by atoms with Crippen LogP contribution < -0.4 is 5.32 Å². The molecule has 1 amide bonds. The van der Waals surface area contributed by atoms with Gasteiger partial charge in [0.2, 0.25) is 5.91 Å². The molecule has 1 N–H and O–H groups in total. The highest BCUT2D eigenvalue weighted by atomic mass is 19.1. The quantitative estimate of drug-likeness (QED) is 0.884. The first-order valence-electron chi connectivity index (χ1n) is 6.02. The van der Waals surface area contributed by atoms with E-state index in [1.165, 1.54) is 12.1 Å². The zero-order valence-corrected chi connectivity index (χ0v) is 10.4. The number of aryl methyl sites for hydroxylation is 1. The van der Waals surface area contributed by atoms with Crippen molar-refractivity contribution in [2.45, 2.75) is 6.92 Å². The normalized spacial score (nSPS) is 15.6. The highest BCUT2D eigenvalue weighted by Gasteiger charge is 2.16. The molecular weight excluding hydrogens is 235 g/mol. The van der Waals surface area contributed by atoms with E-state index in [9.17, 15) is 9.18 Å². The molecule has 4 nitrogen and oxygen atoms in total. The Morgan fingerprint density at radius 1 is 1.44 bits per heavy atom. The van der Waals surface area contributed by atoms with Crippen LogP contribution in [-0.4, -0.2) is 43.7 Å². The lowest BCUT2D eigenvalue weighted by Gasteiger charge is -2.27.